The molecule has 0 saturated heterocycles. The number of hydrogen-bond acceptors (Lipinski definition) is 4. The van der Waals surface area contributed by atoms with E-state index in [0.717, 1.165) is 6.42 Å². The maximum atomic E-state index is 11.5. The Hall–Kier alpha value is -1.29. The number of rotatable bonds is 2. The fraction of sp³-hybridized carbons (Fsp3) is 0.545. The summed E-state index contributed by atoms with van der Waals surface area (Å²) in [4.78, 5) is 11.5. The van der Waals surface area contributed by atoms with Gasteiger partial charge in [0.05, 0.1) is 18.9 Å². The fourth-order valence-corrected chi connectivity index (χ4v) is 2.14. The van der Waals surface area contributed by atoms with Crippen molar-refractivity contribution in [3.63, 3.8) is 0 Å². The van der Waals surface area contributed by atoms with Crippen molar-refractivity contribution < 1.29 is 19.0 Å². The van der Waals surface area contributed by atoms with E-state index in [2.05, 4.69) is 0 Å². The van der Waals surface area contributed by atoms with Gasteiger partial charge < -0.3 is 14.2 Å². The molecule has 0 saturated carbocycles. The van der Waals surface area contributed by atoms with E-state index >= 15 is 0 Å². The molecule has 0 aromatic heterocycles. The predicted molar refractivity (Wildman–Crippen MR) is 52.7 cm³/mol. The standard InChI is InChI=1S/C11H14O4/c1-13-10(12)9-6-15-11(14-2)8-5-3-4-7(8)9/h3-4,6-8,11H,5H2,1-2H3/t7-,8+,11+/m0/s1. The van der Waals surface area contributed by atoms with Crippen LogP contribution >= 0.6 is 0 Å². The molecule has 15 heavy (non-hydrogen) atoms. The van der Waals surface area contributed by atoms with Gasteiger partial charge in [-0.15, -0.1) is 0 Å². The van der Waals surface area contributed by atoms with E-state index in [-0.39, 0.29) is 24.1 Å². The van der Waals surface area contributed by atoms with Crippen molar-refractivity contribution in [1.82, 2.24) is 0 Å². The number of carbonyl (C=O) groups excluding carboxylic acids is 1. The van der Waals surface area contributed by atoms with Crippen molar-refractivity contribution in [2.75, 3.05) is 14.2 Å². The van der Waals surface area contributed by atoms with Gasteiger partial charge in [-0.3, -0.25) is 0 Å². The quantitative estimate of drug-likeness (QED) is 0.508. The Balaban J connectivity index is 2.23. The molecule has 2 aliphatic rings. The summed E-state index contributed by atoms with van der Waals surface area (Å²) in [6, 6.07) is 0. The van der Waals surface area contributed by atoms with Gasteiger partial charge in [-0.05, 0) is 6.42 Å². The average Bonchev–Trinajstić information content (AvgIpc) is 2.75. The van der Waals surface area contributed by atoms with Gasteiger partial charge in [0.25, 0.3) is 0 Å². The van der Waals surface area contributed by atoms with Crippen LogP contribution in [0.4, 0.5) is 0 Å². The second kappa shape index (κ2) is 4.06. The number of esters is 1. The normalized spacial score (nSPS) is 32.9. The largest absolute Gasteiger partial charge is 0.472 e. The van der Waals surface area contributed by atoms with Gasteiger partial charge in [0.1, 0.15) is 0 Å². The first-order chi connectivity index (χ1) is 7.27. The molecular weight excluding hydrogens is 196 g/mol. The van der Waals surface area contributed by atoms with Crippen molar-refractivity contribution in [1.29, 1.82) is 0 Å². The zero-order valence-corrected chi connectivity index (χ0v) is 8.80. The third kappa shape index (κ3) is 1.65. The molecule has 0 bridgehead atoms. The van der Waals surface area contributed by atoms with Gasteiger partial charge >= 0.3 is 5.97 Å². The fourth-order valence-electron chi connectivity index (χ4n) is 2.14. The van der Waals surface area contributed by atoms with E-state index in [0.29, 0.717) is 5.57 Å². The Morgan fingerprint density at radius 2 is 2.33 bits per heavy atom. The topological polar surface area (TPSA) is 44.8 Å². The predicted octanol–water partition coefficient (Wildman–Crippen LogP) is 1.24. The Morgan fingerprint density at radius 3 is 3.00 bits per heavy atom. The van der Waals surface area contributed by atoms with E-state index in [4.69, 9.17) is 14.2 Å². The van der Waals surface area contributed by atoms with Crippen LogP contribution in [0.2, 0.25) is 0 Å². The SMILES string of the molecule is COC(=O)C1=CO[C@@H](OC)[C@@H]2CC=C[C@H]12. The number of hydrogen-bond donors (Lipinski definition) is 0. The minimum atomic E-state index is -0.328. The molecule has 0 unspecified atom stereocenters. The molecule has 0 spiro atoms. The van der Waals surface area contributed by atoms with Crippen LogP contribution in [0.3, 0.4) is 0 Å². The summed E-state index contributed by atoms with van der Waals surface area (Å²) in [6.45, 7) is 0. The van der Waals surface area contributed by atoms with Crippen molar-refractivity contribution >= 4 is 5.97 Å². The molecule has 0 amide bonds. The van der Waals surface area contributed by atoms with E-state index in [9.17, 15) is 4.79 Å². The van der Waals surface area contributed by atoms with Gasteiger partial charge in [-0.1, -0.05) is 12.2 Å². The second-order valence-electron chi connectivity index (χ2n) is 3.66. The average molecular weight is 210 g/mol. The van der Waals surface area contributed by atoms with Gasteiger partial charge in [-0.25, -0.2) is 4.79 Å². The molecule has 0 aromatic rings. The number of allylic oxidation sites excluding steroid dienone is 2. The number of ether oxygens (including phenoxy) is 3. The maximum absolute atomic E-state index is 11.5. The molecule has 4 heteroatoms. The zero-order valence-electron chi connectivity index (χ0n) is 8.80. The highest BCUT2D eigenvalue weighted by molar-refractivity contribution is 5.89. The lowest BCUT2D eigenvalue weighted by molar-refractivity contribution is -0.147. The summed E-state index contributed by atoms with van der Waals surface area (Å²) >= 11 is 0. The van der Waals surface area contributed by atoms with Crippen LogP contribution in [-0.2, 0) is 19.0 Å². The lowest BCUT2D eigenvalue weighted by Gasteiger charge is -2.31. The Labute approximate surface area is 88.5 Å². The Bertz CT molecular complexity index is 319. The molecule has 1 aliphatic heterocycles. The van der Waals surface area contributed by atoms with Gasteiger partial charge in [0.15, 0.2) is 0 Å². The van der Waals surface area contributed by atoms with Crippen LogP contribution in [-0.4, -0.2) is 26.5 Å². The molecule has 0 fully saturated rings. The number of carbonyl (C=O) groups is 1. The first-order valence-corrected chi connectivity index (χ1v) is 4.91. The van der Waals surface area contributed by atoms with Crippen molar-refractivity contribution in [2.45, 2.75) is 12.7 Å². The lowest BCUT2D eigenvalue weighted by Crippen LogP contribution is -2.34. The molecule has 2 rings (SSSR count). The molecule has 1 aliphatic carbocycles. The molecule has 0 radical (unpaired) electrons. The van der Waals surface area contributed by atoms with Crippen molar-refractivity contribution in [3.05, 3.63) is 24.0 Å². The summed E-state index contributed by atoms with van der Waals surface area (Å²) in [7, 11) is 2.98. The second-order valence-corrected chi connectivity index (χ2v) is 3.66. The lowest BCUT2D eigenvalue weighted by atomic mass is 9.87. The van der Waals surface area contributed by atoms with E-state index in [1.54, 1.807) is 7.11 Å². The highest BCUT2D eigenvalue weighted by Crippen LogP contribution is 2.38. The molecule has 82 valence electrons. The minimum absolute atomic E-state index is 0.0659. The highest BCUT2D eigenvalue weighted by Gasteiger charge is 2.40. The highest BCUT2D eigenvalue weighted by atomic mass is 16.7. The van der Waals surface area contributed by atoms with Crippen LogP contribution in [0, 0.1) is 11.8 Å². The summed E-state index contributed by atoms with van der Waals surface area (Å²) in [5.74, 6) is -0.0728. The van der Waals surface area contributed by atoms with Crippen molar-refractivity contribution in [3.8, 4) is 0 Å². The van der Waals surface area contributed by atoms with Crippen LogP contribution in [0.15, 0.2) is 24.0 Å². The molecule has 0 N–H and O–H groups in total. The van der Waals surface area contributed by atoms with Gasteiger partial charge in [0.2, 0.25) is 6.29 Å². The third-order valence-corrected chi connectivity index (χ3v) is 2.90. The molecule has 4 nitrogen and oxygen atoms in total. The zero-order chi connectivity index (χ0) is 10.8. The molecular formula is C11H14O4. The van der Waals surface area contributed by atoms with Gasteiger partial charge in [-0.2, -0.15) is 0 Å². The van der Waals surface area contributed by atoms with E-state index in [1.807, 2.05) is 12.2 Å². The monoisotopic (exact) mass is 210 g/mol. The first-order valence-electron chi connectivity index (χ1n) is 4.91. The number of fused-ring (bicyclic) bond motifs is 1. The summed E-state index contributed by atoms with van der Waals surface area (Å²) < 4.78 is 15.3. The smallest absolute Gasteiger partial charge is 0.337 e. The number of methoxy groups -OCH3 is 2. The molecule has 0 aromatic carbocycles. The first kappa shape index (κ1) is 10.2. The Morgan fingerprint density at radius 1 is 1.53 bits per heavy atom. The maximum Gasteiger partial charge on any atom is 0.337 e. The summed E-state index contributed by atoms with van der Waals surface area (Å²) in [6.07, 6.45) is 6.13. The van der Waals surface area contributed by atoms with Crippen LogP contribution < -0.4 is 0 Å². The Kier molecular flexibility index (Phi) is 2.77. The van der Waals surface area contributed by atoms with Gasteiger partial charge in [0, 0.05) is 18.9 Å². The third-order valence-electron chi connectivity index (χ3n) is 2.90. The van der Waals surface area contributed by atoms with Crippen LogP contribution in [0.1, 0.15) is 6.42 Å². The van der Waals surface area contributed by atoms with E-state index in [1.165, 1.54) is 13.4 Å². The summed E-state index contributed by atoms with van der Waals surface area (Å²) in [5, 5.41) is 0. The van der Waals surface area contributed by atoms with Crippen LogP contribution in [0.5, 0.6) is 0 Å². The molecule has 3 atom stereocenters. The molecule has 1 heterocycles. The van der Waals surface area contributed by atoms with Crippen LogP contribution in [0.25, 0.3) is 0 Å². The van der Waals surface area contributed by atoms with E-state index < -0.39 is 0 Å². The van der Waals surface area contributed by atoms with Crippen molar-refractivity contribution in [2.24, 2.45) is 11.8 Å². The minimum Gasteiger partial charge on any atom is -0.472 e. The summed E-state index contributed by atoms with van der Waals surface area (Å²) in [5.41, 5.74) is 0.574.